The second kappa shape index (κ2) is 12.8. The topological polar surface area (TPSA) is 24.1 Å². The van der Waals surface area contributed by atoms with Crippen LogP contribution in [0.2, 0.25) is 0 Å². The van der Waals surface area contributed by atoms with Crippen molar-refractivity contribution in [3.05, 3.63) is 83.9 Å². The Morgan fingerprint density at radius 2 is 1.12 bits per heavy atom. The van der Waals surface area contributed by atoms with Crippen LogP contribution in [0.4, 0.5) is 0 Å². The van der Waals surface area contributed by atoms with E-state index in [-0.39, 0.29) is 24.8 Å². The molecule has 2 aromatic rings. The number of benzene rings is 2. The normalized spacial score (nSPS) is 9.50. The first-order valence-electron chi connectivity index (χ1n) is 7.66. The lowest BCUT2D eigenvalue weighted by atomic mass is 10.1. The van der Waals surface area contributed by atoms with E-state index in [1.54, 1.807) is 0 Å². The maximum Gasteiger partial charge on any atom is 0.0206 e. The average molecular weight is 365 g/mol. The molecule has 0 aliphatic carbocycles. The Labute approximate surface area is 157 Å². The predicted octanol–water partition coefficient (Wildman–Crippen LogP) is 4.70. The van der Waals surface area contributed by atoms with Crippen molar-refractivity contribution in [1.29, 1.82) is 0 Å². The van der Waals surface area contributed by atoms with Crippen molar-refractivity contribution in [2.45, 2.75) is 13.1 Å². The van der Waals surface area contributed by atoms with Crippen LogP contribution in [0.5, 0.6) is 0 Å². The molecule has 0 saturated carbocycles. The van der Waals surface area contributed by atoms with Gasteiger partial charge in [-0.25, -0.2) is 0 Å². The van der Waals surface area contributed by atoms with Gasteiger partial charge in [0, 0.05) is 26.2 Å². The Bertz CT molecular complexity index is 571. The van der Waals surface area contributed by atoms with Gasteiger partial charge in [0.2, 0.25) is 0 Å². The number of hydrogen-bond donors (Lipinski definition) is 2. The predicted molar refractivity (Wildman–Crippen MR) is 111 cm³/mol. The van der Waals surface area contributed by atoms with E-state index in [2.05, 4.69) is 72.3 Å². The highest BCUT2D eigenvalue weighted by atomic mass is 35.5. The van der Waals surface area contributed by atoms with Gasteiger partial charge >= 0.3 is 0 Å². The molecule has 0 bridgehead atoms. The van der Waals surface area contributed by atoms with E-state index in [4.69, 9.17) is 0 Å². The van der Waals surface area contributed by atoms with Crippen molar-refractivity contribution in [2.75, 3.05) is 13.1 Å². The zero-order chi connectivity index (χ0) is 15.6. The first kappa shape index (κ1) is 22.4. The largest absolute Gasteiger partial charge is 0.311 e. The molecule has 0 heterocycles. The molecule has 0 aliphatic rings. The van der Waals surface area contributed by atoms with Crippen molar-refractivity contribution >= 4 is 37.0 Å². The zero-order valence-corrected chi connectivity index (χ0v) is 15.5. The van der Waals surface area contributed by atoms with Gasteiger partial charge in [0.15, 0.2) is 0 Å². The summed E-state index contributed by atoms with van der Waals surface area (Å²) in [5, 5.41) is 6.90. The van der Waals surface area contributed by atoms with Gasteiger partial charge in [-0.15, -0.1) is 24.8 Å². The van der Waals surface area contributed by atoms with Gasteiger partial charge < -0.3 is 10.6 Å². The molecule has 2 nitrogen and oxygen atoms in total. The second-order valence-electron chi connectivity index (χ2n) is 5.25. The van der Waals surface area contributed by atoms with Crippen LogP contribution >= 0.6 is 24.8 Å². The number of nitrogens with one attached hydrogen (secondary N) is 2. The van der Waals surface area contributed by atoms with E-state index in [9.17, 15) is 0 Å². The second-order valence-corrected chi connectivity index (χ2v) is 5.25. The Morgan fingerprint density at radius 3 is 1.50 bits per heavy atom. The molecular formula is C20H26Cl2N2. The molecule has 0 fully saturated rings. The molecule has 2 rings (SSSR count). The summed E-state index contributed by atoms with van der Waals surface area (Å²) in [4.78, 5) is 0. The van der Waals surface area contributed by atoms with E-state index in [0.717, 1.165) is 26.2 Å². The lowest BCUT2D eigenvalue weighted by Crippen LogP contribution is -2.26. The van der Waals surface area contributed by atoms with Crippen molar-refractivity contribution in [3.63, 3.8) is 0 Å². The number of halogens is 2. The van der Waals surface area contributed by atoms with Crippen LogP contribution in [0.3, 0.4) is 0 Å². The van der Waals surface area contributed by atoms with Crippen molar-refractivity contribution in [3.8, 4) is 0 Å². The molecular weight excluding hydrogens is 339 g/mol. The monoisotopic (exact) mass is 364 g/mol. The molecule has 2 N–H and O–H groups in total. The molecule has 0 aliphatic heterocycles. The first-order valence-corrected chi connectivity index (χ1v) is 7.66. The fourth-order valence-electron chi connectivity index (χ4n) is 2.30. The third kappa shape index (κ3) is 7.80. The van der Waals surface area contributed by atoms with Gasteiger partial charge in [-0.1, -0.05) is 73.8 Å². The van der Waals surface area contributed by atoms with Crippen LogP contribution in [0.25, 0.3) is 12.2 Å². The van der Waals surface area contributed by atoms with E-state index >= 15 is 0 Å². The first-order chi connectivity index (χ1) is 10.8. The molecule has 24 heavy (non-hydrogen) atoms. The molecule has 2 aromatic carbocycles. The minimum atomic E-state index is 0. The fraction of sp³-hybridized carbons (Fsp3) is 0.200. The minimum absolute atomic E-state index is 0. The molecule has 0 unspecified atom stereocenters. The van der Waals surface area contributed by atoms with E-state index < -0.39 is 0 Å². The number of rotatable bonds is 9. The van der Waals surface area contributed by atoms with Gasteiger partial charge in [-0.2, -0.15) is 0 Å². The molecule has 0 amide bonds. The van der Waals surface area contributed by atoms with E-state index in [1.807, 2.05) is 12.2 Å². The number of hydrogen-bond acceptors (Lipinski definition) is 2. The van der Waals surface area contributed by atoms with Crippen LogP contribution in [-0.4, -0.2) is 13.1 Å². The molecule has 0 spiro atoms. The summed E-state index contributed by atoms with van der Waals surface area (Å²) in [6, 6.07) is 16.9. The highest BCUT2D eigenvalue weighted by molar-refractivity contribution is 5.85. The van der Waals surface area contributed by atoms with Crippen LogP contribution in [0, 0.1) is 0 Å². The Hall–Kier alpha value is -1.58. The Kier molecular flexibility index (Phi) is 12.0. The lowest BCUT2D eigenvalue weighted by molar-refractivity contribution is 0.611. The van der Waals surface area contributed by atoms with Crippen molar-refractivity contribution < 1.29 is 0 Å². The summed E-state index contributed by atoms with van der Waals surface area (Å²) in [7, 11) is 0. The van der Waals surface area contributed by atoms with Crippen LogP contribution in [-0.2, 0) is 13.1 Å². The van der Waals surface area contributed by atoms with Gasteiger partial charge in [0.05, 0.1) is 0 Å². The molecule has 130 valence electrons. The highest BCUT2D eigenvalue weighted by Crippen LogP contribution is 2.06. The summed E-state index contributed by atoms with van der Waals surface area (Å²) in [5.74, 6) is 0. The van der Waals surface area contributed by atoms with Crippen molar-refractivity contribution in [1.82, 2.24) is 10.6 Å². The van der Waals surface area contributed by atoms with Crippen LogP contribution < -0.4 is 10.6 Å². The van der Waals surface area contributed by atoms with Gasteiger partial charge in [-0.3, -0.25) is 0 Å². The third-order valence-corrected chi connectivity index (χ3v) is 3.51. The fourth-order valence-corrected chi connectivity index (χ4v) is 2.30. The molecule has 0 saturated heterocycles. The molecule has 0 radical (unpaired) electrons. The van der Waals surface area contributed by atoms with Crippen LogP contribution in [0.1, 0.15) is 22.3 Å². The Morgan fingerprint density at radius 1 is 0.708 bits per heavy atom. The summed E-state index contributed by atoms with van der Waals surface area (Å²) in [5.41, 5.74) is 4.91. The van der Waals surface area contributed by atoms with Gasteiger partial charge in [-0.05, 0) is 22.3 Å². The highest BCUT2D eigenvalue weighted by Gasteiger charge is 1.95. The summed E-state index contributed by atoms with van der Waals surface area (Å²) in [6.07, 6.45) is 3.75. The smallest absolute Gasteiger partial charge is 0.0206 e. The molecule has 4 heteroatoms. The molecule has 0 aromatic heterocycles. The quantitative estimate of drug-likeness (QED) is 0.630. The average Bonchev–Trinajstić information content (AvgIpc) is 2.58. The Balaban J connectivity index is 0.00000264. The maximum absolute atomic E-state index is 3.80. The van der Waals surface area contributed by atoms with Gasteiger partial charge in [0.1, 0.15) is 0 Å². The maximum atomic E-state index is 3.80. The molecule has 0 atom stereocenters. The van der Waals surface area contributed by atoms with Crippen molar-refractivity contribution in [2.24, 2.45) is 0 Å². The summed E-state index contributed by atoms with van der Waals surface area (Å²) >= 11 is 0. The lowest BCUT2D eigenvalue weighted by Gasteiger charge is -2.08. The van der Waals surface area contributed by atoms with Gasteiger partial charge in [0.25, 0.3) is 0 Å². The SMILES string of the molecule is C=Cc1cccc(CNCCNCc2cccc(C=C)c2)c1.Cl.Cl. The third-order valence-electron chi connectivity index (χ3n) is 3.51. The summed E-state index contributed by atoms with van der Waals surface area (Å²) in [6.45, 7) is 11.3. The summed E-state index contributed by atoms with van der Waals surface area (Å²) < 4.78 is 0. The minimum Gasteiger partial charge on any atom is -0.311 e. The van der Waals surface area contributed by atoms with E-state index in [0.29, 0.717) is 0 Å². The van der Waals surface area contributed by atoms with Crippen LogP contribution in [0.15, 0.2) is 61.7 Å². The standard InChI is InChI=1S/C20H24N2.2ClH/c1-3-17-7-5-9-19(13-17)15-21-11-12-22-16-20-10-6-8-18(4-2)14-20;;/h3-10,13-14,21-22H,1-2,11-12,15-16H2;2*1H. The zero-order valence-electron chi connectivity index (χ0n) is 13.8. The van der Waals surface area contributed by atoms with E-state index in [1.165, 1.54) is 22.3 Å².